The van der Waals surface area contributed by atoms with E-state index in [-0.39, 0.29) is 23.4 Å². The Balaban J connectivity index is 2.00. The second kappa shape index (κ2) is 6.16. The van der Waals surface area contributed by atoms with E-state index in [2.05, 4.69) is 5.32 Å². The quantitative estimate of drug-likeness (QED) is 0.848. The lowest BCUT2D eigenvalue weighted by molar-refractivity contribution is -0.154. The summed E-state index contributed by atoms with van der Waals surface area (Å²) < 4.78 is 28.7. The summed E-state index contributed by atoms with van der Waals surface area (Å²) in [5, 5.41) is 3.68. The fourth-order valence-electron chi connectivity index (χ4n) is 2.16. The molecule has 0 unspecified atom stereocenters. The van der Waals surface area contributed by atoms with E-state index in [1.165, 1.54) is 18.2 Å². The van der Waals surface area contributed by atoms with Crippen molar-refractivity contribution in [3.05, 3.63) is 34.7 Å². The maximum atomic E-state index is 12.2. The van der Waals surface area contributed by atoms with Crippen molar-refractivity contribution in [3.63, 3.8) is 0 Å². The summed E-state index contributed by atoms with van der Waals surface area (Å²) in [4.78, 5) is 23.9. The molecule has 23 heavy (non-hydrogen) atoms. The van der Waals surface area contributed by atoms with Crippen LogP contribution in [0.4, 0.5) is 0 Å². The average molecular weight is 337 g/mol. The Hall–Kier alpha value is -2.15. The SMILES string of the molecule is CC(C)(C)OC(=O)CCNC(=O)c1cccc2c1C=CS2(=O)=O. The highest BCUT2D eigenvalue weighted by molar-refractivity contribution is 7.94. The number of esters is 1. The Morgan fingerprint density at radius 1 is 1.22 bits per heavy atom. The third kappa shape index (κ3) is 4.19. The standard InChI is InChI=1S/C16H19NO5S/c1-16(2,3)22-14(18)7-9-17-15(19)12-5-4-6-13-11(12)8-10-23(13,20)21/h4-6,8,10H,7,9H2,1-3H3,(H,17,19). The monoisotopic (exact) mass is 337 g/mol. The van der Waals surface area contributed by atoms with Crippen LogP contribution in [0.15, 0.2) is 28.5 Å². The Bertz CT molecular complexity index is 772. The van der Waals surface area contributed by atoms with Crippen LogP contribution in [0.2, 0.25) is 0 Å². The van der Waals surface area contributed by atoms with Crippen LogP contribution in [0, 0.1) is 0 Å². The van der Waals surface area contributed by atoms with Crippen LogP contribution in [-0.4, -0.2) is 32.4 Å². The van der Waals surface area contributed by atoms with Crippen LogP contribution in [0.1, 0.15) is 43.1 Å². The van der Waals surface area contributed by atoms with Crippen LogP contribution in [0.25, 0.3) is 6.08 Å². The molecule has 1 aromatic carbocycles. The summed E-state index contributed by atoms with van der Waals surface area (Å²) >= 11 is 0. The van der Waals surface area contributed by atoms with E-state index in [0.717, 1.165) is 5.41 Å². The molecule has 0 saturated carbocycles. The predicted molar refractivity (Wildman–Crippen MR) is 85.5 cm³/mol. The van der Waals surface area contributed by atoms with Gasteiger partial charge in [0.05, 0.1) is 11.3 Å². The van der Waals surface area contributed by atoms with Crippen molar-refractivity contribution < 1.29 is 22.7 Å². The minimum Gasteiger partial charge on any atom is -0.460 e. The summed E-state index contributed by atoms with van der Waals surface area (Å²) in [5.41, 5.74) is 0.0758. The fourth-order valence-corrected chi connectivity index (χ4v) is 3.37. The number of nitrogens with one attached hydrogen (secondary N) is 1. The van der Waals surface area contributed by atoms with Gasteiger partial charge >= 0.3 is 5.97 Å². The minimum atomic E-state index is -3.45. The van der Waals surface area contributed by atoms with Crippen molar-refractivity contribution >= 4 is 27.8 Å². The molecule has 0 bridgehead atoms. The highest BCUT2D eigenvalue weighted by atomic mass is 32.2. The summed E-state index contributed by atoms with van der Waals surface area (Å²) in [6.07, 6.45) is 1.46. The fraction of sp³-hybridized carbons (Fsp3) is 0.375. The molecular formula is C16H19NO5S. The lowest BCUT2D eigenvalue weighted by Gasteiger charge is -2.19. The van der Waals surface area contributed by atoms with Crippen molar-refractivity contribution in [2.45, 2.75) is 37.7 Å². The molecule has 1 aliphatic rings. The first-order valence-electron chi connectivity index (χ1n) is 7.16. The molecule has 2 rings (SSSR count). The van der Waals surface area contributed by atoms with Gasteiger partial charge in [0.2, 0.25) is 0 Å². The zero-order valence-electron chi connectivity index (χ0n) is 13.3. The molecule has 0 aliphatic carbocycles. The number of amides is 1. The van der Waals surface area contributed by atoms with Gasteiger partial charge in [-0.15, -0.1) is 0 Å². The predicted octanol–water partition coefficient (Wildman–Crippen LogP) is 1.91. The number of hydrogen-bond donors (Lipinski definition) is 1. The number of ether oxygens (including phenoxy) is 1. The van der Waals surface area contributed by atoms with Gasteiger partial charge in [-0.1, -0.05) is 6.07 Å². The highest BCUT2D eigenvalue weighted by Crippen LogP contribution is 2.29. The van der Waals surface area contributed by atoms with Crippen LogP contribution >= 0.6 is 0 Å². The summed E-state index contributed by atoms with van der Waals surface area (Å²) in [6, 6.07) is 4.53. The van der Waals surface area contributed by atoms with Crippen molar-refractivity contribution in [2.24, 2.45) is 0 Å². The van der Waals surface area contributed by atoms with Crippen molar-refractivity contribution in [2.75, 3.05) is 6.54 Å². The smallest absolute Gasteiger partial charge is 0.308 e. The lowest BCUT2D eigenvalue weighted by atomic mass is 10.1. The van der Waals surface area contributed by atoms with Gasteiger partial charge < -0.3 is 10.1 Å². The largest absolute Gasteiger partial charge is 0.460 e. The first kappa shape index (κ1) is 17.2. The van der Waals surface area contributed by atoms with E-state index in [1.54, 1.807) is 26.8 Å². The third-order valence-electron chi connectivity index (χ3n) is 3.07. The number of hydrogen-bond acceptors (Lipinski definition) is 5. The first-order valence-corrected chi connectivity index (χ1v) is 8.71. The topological polar surface area (TPSA) is 89.5 Å². The lowest BCUT2D eigenvalue weighted by Crippen LogP contribution is -2.30. The van der Waals surface area contributed by atoms with Crippen LogP contribution < -0.4 is 5.32 Å². The Morgan fingerprint density at radius 2 is 1.91 bits per heavy atom. The van der Waals surface area contributed by atoms with Crippen molar-refractivity contribution in [1.29, 1.82) is 0 Å². The molecule has 1 aliphatic heterocycles. The van der Waals surface area contributed by atoms with Crippen LogP contribution in [0.3, 0.4) is 0 Å². The second-order valence-electron chi connectivity index (χ2n) is 6.16. The number of carbonyl (C=O) groups excluding carboxylic acids is 2. The zero-order valence-corrected chi connectivity index (χ0v) is 14.1. The molecule has 0 atom stereocenters. The Morgan fingerprint density at radius 3 is 2.57 bits per heavy atom. The number of benzene rings is 1. The highest BCUT2D eigenvalue weighted by Gasteiger charge is 2.25. The molecule has 0 radical (unpaired) electrons. The van der Waals surface area contributed by atoms with Crippen LogP contribution in [-0.2, 0) is 19.4 Å². The van der Waals surface area contributed by atoms with E-state index >= 15 is 0 Å². The number of carbonyl (C=O) groups is 2. The Kier molecular flexibility index (Phi) is 4.61. The van der Waals surface area contributed by atoms with Gasteiger partial charge in [-0.2, -0.15) is 0 Å². The zero-order chi connectivity index (χ0) is 17.3. The van der Waals surface area contributed by atoms with E-state index < -0.39 is 27.3 Å². The normalized spacial score (nSPS) is 15.1. The van der Waals surface area contributed by atoms with Gasteiger partial charge in [0, 0.05) is 23.1 Å². The molecule has 0 saturated heterocycles. The Labute approximate surface area is 135 Å². The van der Waals surface area contributed by atoms with Crippen molar-refractivity contribution in [3.8, 4) is 0 Å². The number of rotatable bonds is 4. The maximum absolute atomic E-state index is 12.2. The molecular weight excluding hydrogens is 318 g/mol. The first-order chi connectivity index (χ1) is 10.6. The second-order valence-corrected chi connectivity index (χ2v) is 7.96. The van der Waals surface area contributed by atoms with E-state index in [1.807, 2.05) is 0 Å². The summed E-state index contributed by atoms with van der Waals surface area (Å²) in [6.45, 7) is 5.42. The van der Waals surface area contributed by atoms with Gasteiger partial charge in [0.1, 0.15) is 5.60 Å². The van der Waals surface area contributed by atoms with Gasteiger partial charge in [-0.25, -0.2) is 8.42 Å². The molecule has 124 valence electrons. The van der Waals surface area contributed by atoms with E-state index in [0.29, 0.717) is 5.56 Å². The molecule has 1 amide bonds. The maximum Gasteiger partial charge on any atom is 0.308 e. The minimum absolute atomic E-state index is 0.0478. The van der Waals surface area contributed by atoms with E-state index in [9.17, 15) is 18.0 Å². The molecule has 1 aromatic rings. The van der Waals surface area contributed by atoms with E-state index in [4.69, 9.17) is 4.74 Å². The average Bonchev–Trinajstić information content (AvgIpc) is 2.72. The molecule has 1 N–H and O–H groups in total. The van der Waals surface area contributed by atoms with Gasteiger partial charge in [0.15, 0.2) is 9.84 Å². The summed E-state index contributed by atoms with van der Waals surface area (Å²) in [7, 11) is -3.45. The molecule has 0 spiro atoms. The van der Waals surface area contributed by atoms with Gasteiger partial charge in [-0.05, 0) is 39.0 Å². The van der Waals surface area contributed by atoms with Crippen molar-refractivity contribution in [1.82, 2.24) is 5.32 Å². The van der Waals surface area contributed by atoms with Gasteiger partial charge in [0.25, 0.3) is 5.91 Å². The summed E-state index contributed by atoms with van der Waals surface area (Å²) in [5.74, 6) is -0.828. The third-order valence-corrected chi connectivity index (χ3v) is 4.53. The molecule has 1 heterocycles. The van der Waals surface area contributed by atoms with Crippen LogP contribution in [0.5, 0.6) is 0 Å². The molecule has 0 aromatic heterocycles. The number of fused-ring (bicyclic) bond motifs is 1. The van der Waals surface area contributed by atoms with Gasteiger partial charge in [-0.3, -0.25) is 9.59 Å². The molecule has 0 fully saturated rings. The molecule has 6 nitrogen and oxygen atoms in total. The molecule has 7 heteroatoms. The number of sulfone groups is 1.